The second-order valence-electron chi connectivity index (χ2n) is 4.19. The lowest BCUT2D eigenvalue weighted by Gasteiger charge is -2.17. The SMILES string of the molecule is CN(CCCCCO)S(=O)(=O)c1ccc(Cl)c(Cl)c1. The molecule has 0 bridgehead atoms. The number of hydrogen-bond acceptors (Lipinski definition) is 3. The topological polar surface area (TPSA) is 57.6 Å². The average molecular weight is 326 g/mol. The molecule has 0 aliphatic carbocycles. The standard InChI is InChI=1S/C12H17Cl2NO3S/c1-15(7-3-2-4-8-16)19(17,18)10-5-6-11(13)12(14)9-10/h5-6,9,16H,2-4,7-8H2,1H3. The van der Waals surface area contributed by atoms with E-state index in [9.17, 15) is 8.42 Å². The molecule has 0 heterocycles. The lowest BCUT2D eigenvalue weighted by molar-refractivity contribution is 0.281. The molecule has 1 aromatic carbocycles. The van der Waals surface area contributed by atoms with E-state index >= 15 is 0 Å². The highest BCUT2D eigenvalue weighted by atomic mass is 35.5. The third-order valence-corrected chi connectivity index (χ3v) is 5.32. The van der Waals surface area contributed by atoms with E-state index in [0.717, 1.165) is 6.42 Å². The molecule has 0 spiro atoms. The van der Waals surface area contributed by atoms with Gasteiger partial charge in [0.15, 0.2) is 0 Å². The maximum atomic E-state index is 12.2. The fourth-order valence-electron chi connectivity index (χ4n) is 1.56. The number of nitrogens with zero attached hydrogens (tertiary/aromatic N) is 1. The molecule has 0 saturated heterocycles. The fourth-order valence-corrected chi connectivity index (χ4v) is 3.16. The van der Waals surface area contributed by atoms with Crippen molar-refractivity contribution in [2.24, 2.45) is 0 Å². The number of aliphatic hydroxyl groups is 1. The zero-order chi connectivity index (χ0) is 14.5. The first-order valence-electron chi connectivity index (χ1n) is 5.92. The number of aliphatic hydroxyl groups excluding tert-OH is 1. The molecule has 0 saturated carbocycles. The summed E-state index contributed by atoms with van der Waals surface area (Å²) in [7, 11) is -2.01. The van der Waals surface area contributed by atoms with Crippen LogP contribution in [-0.4, -0.2) is 38.0 Å². The minimum atomic E-state index is -3.54. The molecule has 0 fully saturated rings. The van der Waals surface area contributed by atoms with Crippen molar-refractivity contribution in [1.82, 2.24) is 4.31 Å². The zero-order valence-electron chi connectivity index (χ0n) is 10.6. The highest BCUT2D eigenvalue weighted by Crippen LogP contribution is 2.26. The van der Waals surface area contributed by atoms with E-state index < -0.39 is 10.0 Å². The lowest BCUT2D eigenvalue weighted by Crippen LogP contribution is -2.28. The van der Waals surface area contributed by atoms with E-state index in [1.165, 1.54) is 29.6 Å². The van der Waals surface area contributed by atoms with E-state index in [4.69, 9.17) is 28.3 Å². The Kier molecular flexibility index (Phi) is 6.56. The van der Waals surface area contributed by atoms with E-state index in [-0.39, 0.29) is 16.5 Å². The van der Waals surface area contributed by atoms with E-state index in [2.05, 4.69) is 0 Å². The van der Waals surface area contributed by atoms with Crippen molar-refractivity contribution in [2.75, 3.05) is 20.2 Å². The van der Waals surface area contributed by atoms with Gasteiger partial charge in [-0.25, -0.2) is 12.7 Å². The molecule has 1 N–H and O–H groups in total. The number of hydrogen-bond donors (Lipinski definition) is 1. The van der Waals surface area contributed by atoms with Gasteiger partial charge in [0.2, 0.25) is 10.0 Å². The van der Waals surface area contributed by atoms with Gasteiger partial charge in [0, 0.05) is 20.2 Å². The summed E-state index contributed by atoms with van der Waals surface area (Å²) >= 11 is 11.6. The van der Waals surface area contributed by atoms with Crippen LogP contribution in [-0.2, 0) is 10.0 Å². The molecule has 19 heavy (non-hydrogen) atoms. The largest absolute Gasteiger partial charge is 0.396 e. The molecule has 1 rings (SSSR count). The zero-order valence-corrected chi connectivity index (χ0v) is 13.0. The van der Waals surface area contributed by atoms with Crippen LogP contribution in [0.4, 0.5) is 0 Å². The number of unbranched alkanes of at least 4 members (excludes halogenated alkanes) is 2. The smallest absolute Gasteiger partial charge is 0.242 e. The van der Waals surface area contributed by atoms with Gasteiger partial charge in [-0.15, -0.1) is 0 Å². The molecule has 0 unspecified atom stereocenters. The second-order valence-corrected chi connectivity index (χ2v) is 7.05. The Morgan fingerprint density at radius 2 is 1.84 bits per heavy atom. The van der Waals surface area contributed by atoms with Crippen molar-refractivity contribution in [3.63, 3.8) is 0 Å². The van der Waals surface area contributed by atoms with E-state index in [1.807, 2.05) is 0 Å². The Morgan fingerprint density at radius 1 is 1.16 bits per heavy atom. The molecular weight excluding hydrogens is 309 g/mol. The molecule has 1 aromatic rings. The first kappa shape index (κ1) is 16.7. The Balaban J connectivity index is 2.76. The van der Waals surface area contributed by atoms with Crippen LogP contribution < -0.4 is 0 Å². The molecule has 0 aromatic heterocycles. The number of halogens is 2. The van der Waals surface area contributed by atoms with Crippen LogP contribution in [0.15, 0.2) is 23.1 Å². The highest BCUT2D eigenvalue weighted by molar-refractivity contribution is 7.89. The number of rotatable bonds is 7. The summed E-state index contributed by atoms with van der Waals surface area (Å²) in [6.45, 7) is 0.534. The minimum absolute atomic E-state index is 0.128. The van der Waals surface area contributed by atoms with Gasteiger partial charge in [-0.05, 0) is 37.5 Å². The first-order chi connectivity index (χ1) is 8.89. The Labute approximate surface area is 124 Å². The van der Waals surface area contributed by atoms with Crippen LogP contribution in [0.25, 0.3) is 0 Å². The third-order valence-electron chi connectivity index (χ3n) is 2.73. The first-order valence-corrected chi connectivity index (χ1v) is 8.11. The van der Waals surface area contributed by atoms with Crippen molar-refractivity contribution >= 4 is 33.2 Å². The maximum Gasteiger partial charge on any atom is 0.242 e. The van der Waals surface area contributed by atoms with Crippen molar-refractivity contribution in [2.45, 2.75) is 24.2 Å². The Hall–Kier alpha value is -0.330. The lowest BCUT2D eigenvalue weighted by atomic mass is 10.2. The predicted octanol–water partition coefficient (Wildman–Crippen LogP) is 2.78. The monoisotopic (exact) mass is 325 g/mol. The Morgan fingerprint density at radius 3 is 2.42 bits per heavy atom. The van der Waals surface area contributed by atoms with Crippen LogP contribution in [0.3, 0.4) is 0 Å². The summed E-state index contributed by atoms with van der Waals surface area (Å²) in [5.74, 6) is 0. The van der Waals surface area contributed by atoms with Crippen molar-refractivity contribution in [3.05, 3.63) is 28.2 Å². The summed E-state index contributed by atoms with van der Waals surface area (Å²) in [6, 6.07) is 4.26. The summed E-state index contributed by atoms with van der Waals surface area (Å²) in [6.07, 6.45) is 2.18. The van der Waals surface area contributed by atoms with Crippen molar-refractivity contribution < 1.29 is 13.5 Å². The maximum absolute atomic E-state index is 12.2. The normalized spacial score (nSPS) is 12.1. The van der Waals surface area contributed by atoms with E-state index in [0.29, 0.717) is 24.4 Å². The molecule has 0 radical (unpaired) electrons. The van der Waals surface area contributed by atoms with Crippen LogP contribution in [0.1, 0.15) is 19.3 Å². The number of benzene rings is 1. The molecular formula is C12H17Cl2NO3S. The minimum Gasteiger partial charge on any atom is -0.396 e. The molecule has 7 heteroatoms. The molecule has 0 amide bonds. The fraction of sp³-hybridized carbons (Fsp3) is 0.500. The summed E-state index contributed by atoms with van der Waals surface area (Å²) in [4.78, 5) is 0.131. The van der Waals surface area contributed by atoms with Crippen LogP contribution >= 0.6 is 23.2 Å². The van der Waals surface area contributed by atoms with Gasteiger partial charge < -0.3 is 5.11 Å². The van der Waals surface area contributed by atoms with Gasteiger partial charge in [-0.1, -0.05) is 23.2 Å². The van der Waals surface area contributed by atoms with Gasteiger partial charge in [-0.3, -0.25) is 0 Å². The van der Waals surface area contributed by atoms with Gasteiger partial charge in [0.25, 0.3) is 0 Å². The molecule has 0 aliphatic heterocycles. The van der Waals surface area contributed by atoms with Gasteiger partial charge >= 0.3 is 0 Å². The molecule has 108 valence electrons. The van der Waals surface area contributed by atoms with Crippen LogP contribution in [0, 0.1) is 0 Å². The molecule has 4 nitrogen and oxygen atoms in total. The Bertz CT molecular complexity index is 520. The molecule has 0 atom stereocenters. The number of sulfonamides is 1. The van der Waals surface area contributed by atoms with Crippen LogP contribution in [0.5, 0.6) is 0 Å². The summed E-state index contributed by atoms with van der Waals surface area (Å²) in [5, 5.41) is 9.21. The summed E-state index contributed by atoms with van der Waals surface area (Å²) in [5.41, 5.74) is 0. The molecule has 0 aliphatic rings. The van der Waals surface area contributed by atoms with Crippen LogP contribution in [0.2, 0.25) is 10.0 Å². The van der Waals surface area contributed by atoms with Crippen molar-refractivity contribution in [1.29, 1.82) is 0 Å². The quantitative estimate of drug-likeness (QED) is 0.784. The average Bonchev–Trinajstić information content (AvgIpc) is 2.37. The summed E-state index contributed by atoms with van der Waals surface area (Å²) < 4.78 is 25.8. The van der Waals surface area contributed by atoms with Gasteiger partial charge in [0.1, 0.15) is 0 Å². The van der Waals surface area contributed by atoms with Gasteiger partial charge in [0.05, 0.1) is 14.9 Å². The predicted molar refractivity (Wildman–Crippen MR) is 77.2 cm³/mol. The van der Waals surface area contributed by atoms with E-state index in [1.54, 1.807) is 0 Å². The van der Waals surface area contributed by atoms with Gasteiger partial charge in [-0.2, -0.15) is 0 Å². The third kappa shape index (κ3) is 4.61. The second kappa shape index (κ2) is 7.45. The van der Waals surface area contributed by atoms with Crippen molar-refractivity contribution in [3.8, 4) is 0 Å². The highest BCUT2D eigenvalue weighted by Gasteiger charge is 2.20.